The van der Waals surface area contributed by atoms with Crippen molar-refractivity contribution in [2.75, 3.05) is 19.1 Å². The van der Waals surface area contributed by atoms with Gasteiger partial charge in [-0.3, -0.25) is 20.0 Å². The molecule has 0 saturated heterocycles. The van der Waals surface area contributed by atoms with E-state index in [4.69, 9.17) is 4.74 Å². The van der Waals surface area contributed by atoms with E-state index in [1.165, 1.54) is 19.3 Å². The summed E-state index contributed by atoms with van der Waals surface area (Å²) in [7, 11) is 1.62. The summed E-state index contributed by atoms with van der Waals surface area (Å²) in [6.07, 6.45) is 6.44. The third-order valence-electron chi connectivity index (χ3n) is 5.96. The SMILES string of the molecule is CCN(Nc1ccc(OC)cc1)C(=O)C(CC1CCCCC1)NC(=O)c1cc(Br)cc(Br)c1. The molecule has 33 heavy (non-hydrogen) atoms. The molecular formula is C25H31Br2N3O3. The number of hydrazine groups is 1. The van der Waals surface area contributed by atoms with Crippen molar-refractivity contribution in [2.24, 2.45) is 5.92 Å². The van der Waals surface area contributed by atoms with E-state index in [2.05, 4.69) is 42.6 Å². The van der Waals surface area contributed by atoms with Crippen molar-refractivity contribution in [1.29, 1.82) is 0 Å². The van der Waals surface area contributed by atoms with Gasteiger partial charge in [-0.15, -0.1) is 0 Å². The highest BCUT2D eigenvalue weighted by molar-refractivity contribution is 9.11. The molecule has 2 amide bonds. The van der Waals surface area contributed by atoms with Gasteiger partial charge in [-0.05, 0) is 61.7 Å². The van der Waals surface area contributed by atoms with Gasteiger partial charge < -0.3 is 10.1 Å². The second-order valence-electron chi connectivity index (χ2n) is 8.35. The summed E-state index contributed by atoms with van der Waals surface area (Å²) in [6, 6.07) is 12.2. The molecule has 1 saturated carbocycles. The number of nitrogens with zero attached hydrogens (tertiary/aromatic N) is 1. The van der Waals surface area contributed by atoms with Crippen LogP contribution >= 0.6 is 31.9 Å². The minimum atomic E-state index is -0.607. The fourth-order valence-electron chi connectivity index (χ4n) is 4.20. The fraction of sp³-hybridized carbons (Fsp3) is 0.440. The standard InChI is InChI=1S/C25H31Br2N3O3/c1-3-30(29-21-9-11-22(33-2)12-10-21)25(32)23(13-17-7-5-4-6-8-17)28-24(31)18-14-19(26)16-20(27)15-18/h9-12,14-17,23,29H,3-8,13H2,1-2H3,(H,28,31). The third-order valence-corrected chi connectivity index (χ3v) is 6.87. The van der Waals surface area contributed by atoms with Gasteiger partial charge in [0.05, 0.1) is 12.8 Å². The molecule has 1 aliphatic carbocycles. The second kappa shape index (κ2) is 12.4. The molecule has 2 aromatic carbocycles. The van der Waals surface area contributed by atoms with Crippen LogP contribution in [0.25, 0.3) is 0 Å². The zero-order valence-corrected chi connectivity index (χ0v) is 22.2. The van der Waals surface area contributed by atoms with E-state index in [9.17, 15) is 9.59 Å². The molecule has 0 spiro atoms. The fourth-order valence-corrected chi connectivity index (χ4v) is 5.50. The van der Waals surface area contributed by atoms with E-state index >= 15 is 0 Å². The van der Waals surface area contributed by atoms with E-state index in [0.29, 0.717) is 24.4 Å². The molecule has 1 aliphatic rings. The van der Waals surface area contributed by atoms with Gasteiger partial charge in [-0.1, -0.05) is 64.0 Å². The van der Waals surface area contributed by atoms with Crippen molar-refractivity contribution in [2.45, 2.75) is 51.5 Å². The molecule has 0 aromatic heterocycles. The number of likely N-dealkylation sites (N-methyl/N-ethyl adjacent to an activating group) is 1. The highest BCUT2D eigenvalue weighted by atomic mass is 79.9. The van der Waals surface area contributed by atoms with Crippen molar-refractivity contribution in [3.63, 3.8) is 0 Å². The summed E-state index contributed by atoms with van der Waals surface area (Å²) in [4.78, 5) is 26.7. The van der Waals surface area contributed by atoms with Crippen LogP contribution in [0, 0.1) is 5.92 Å². The summed E-state index contributed by atoms with van der Waals surface area (Å²) in [5.74, 6) is 0.785. The Kier molecular flexibility index (Phi) is 9.62. The Morgan fingerprint density at radius 3 is 2.27 bits per heavy atom. The number of nitrogens with one attached hydrogen (secondary N) is 2. The van der Waals surface area contributed by atoms with Crippen molar-refractivity contribution in [1.82, 2.24) is 10.3 Å². The van der Waals surface area contributed by atoms with Gasteiger partial charge >= 0.3 is 0 Å². The molecular weight excluding hydrogens is 550 g/mol. The van der Waals surface area contributed by atoms with Crippen molar-refractivity contribution < 1.29 is 14.3 Å². The number of benzene rings is 2. The molecule has 178 valence electrons. The number of ether oxygens (including phenoxy) is 1. The lowest BCUT2D eigenvalue weighted by Gasteiger charge is -2.31. The lowest BCUT2D eigenvalue weighted by atomic mass is 9.84. The van der Waals surface area contributed by atoms with Crippen LogP contribution in [0.15, 0.2) is 51.4 Å². The van der Waals surface area contributed by atoms with E-state index in [-0.39, 0.29) is 11.8 Å². The molecule has 0 radical (unpaired) electrons. The Labute approximate surface area is 212 Å². The van der Waals surface area contributed by atoms with Crippen LogP contribution in [0.3, 0.4) is 0 Å². The quantitative estimate of drug-likeness (QED) is 0.348. The van der Waals surface area contributed by atoms with Crippen LogP contribution in [0.4, 0.5) is 5.69 Å². The molecule has 1 atom stereocenters. The number of amides is 2. The average Bonchev–Trinajstić information content (AvgIpc) is 2.82. The lowest BCUT2D eigenvalue weighted by molar-refractivity contribution is -0.132. The molecule has 0 bridgehead atoms. The Morgan fingerprint density at radius 2 is 1.70 bits per heavy atom. The number of halogens is 2. The Morgan fingerprint density at radius 1 is 1.06 bits per heavy atom. The van der Waals surface area contributed by atoms with E-state index < -0.39 is 6.04 Å². The van der Waals surface area contributed by atoms with Gasteiger partial charge in [0.15, 0.2) is 0 Å². The van der Waals surface area contributed by atoms with Crippen LogP contribution in [-0.2, 0) is 4.79 Å². The minimum Gasteiger partial charge on any atom is -0.497 e. The van der Waals surface area contributed by atoms with E-state index in [0.717, 1.165) is 33.2 Å². The predicted octanol–water partition coefficient (Wildman–Crippen LogP) is 6.16. The van der Waals surface area contributed by atoms with Gasteiger partial charge in [-0.25, -0.2) is 0 Å². The summed E-state index contributed by atoms with van der Waals surface area (Å²) in [6.45, 7) is 2.38. The second-order valence-corrected chi connectivity index (χ2v) is 10.2. The molecule has 0 aliphatic heterocycles. The average molecular weight is 581 g/mol. The summed E-state index contributed by atoms with van der Waals surface area (Å²) < 4.78 is 6.81. The van der Waals surface area contributed by atoms with E-state index in [1.54, 1.807) is 24.3 Å². The number of hydrogen-bond acceptors (Lipinski definition) is 4. The van der Waals surface area contributed by atoms with E-state index in [1.807, 2.05) is 37.3 Å². The summed E-state index contributed by atoms with van der Waals surface area (Å²) >= 11 is 6.87. The summed E-state index contributed by atoms with van der Waals surface area (Å²) in [5.41, 5.74) is 4.48. The molecule has 3 rings (SSSR count). The van der Waals surface area contributed by atoms with Gasteiger partial charge in [-0.2, -0.15) is 0 Å². The first kappa shape index (κ1) is 25.6. The minimum absolute atomic E-state index is 0.138. The number of rotatable bonds is 9. The van der Waals surface area contributed by atoms with Crippen molar-refractivity contribution in [3.8, 4) is 5.75 Å². The first-order valence-corrected chi connectivity index (χ1v) is 13.0. The number of carbonyl (C=O) groups excluding carboxylic acids is 2. The molecule has 6 nitrogen and oxygen atoms in total. The van der Waals surface area contributed by atoms with Crippen LogP contribution in [0.1, 0.15) is 55.8 Å². The van der Waals surface area contributed by atoms with Crippen LogP contribution in [0.2, 0.25) is 0 Å². The zero-order valence-electron chi connectivity index (χ0n) is 19.1. The Balaban J connectivity index is 1.78. The normalized spacial score (nSPS) is 14.9. The van der Waals surface area contributed by atoms with Gasteiger partial charge in [0.1, 0.15) is 11.8 Å². The van der Waals surface area contributed by atoms with Crippen molar-refractivity contribution >= 4 is 49.4 Å². The van der Waals surface area contributed by atoms with Gasteiger partial charge in [0, 0.05) is 21.1 Å². The topological polar surface area (TPSA) is 70.7 Å². The maximum atomic E-state index is 13.6. The lowest BCUT2D eigenvalue weighted by Crippen LogP contribution is -2.51. The molecule has 2 N–H and O–H groups in total. The maximum Gasteiger partial charge on any atom is 0.263 e. The number of carbonyl (C=O) groups is 2. The third kappa shape index (κ3) is 7.47. The molecule has 8 heteroatoms. The van der Waals surface area contributed by atoms with Crippen LogP contribution in [0.5, 0.6) is 5.75 Å². The van der Waals surface area contributed by atoms with Crippen LogP contribution in [-0.4, -0.2) is 36.5 Å². The molecule has 2 aromatic rings. The van der Waals surface area contributed by atoms with Crippen molar-refractivity contribution in [3.05, 3.63) is 57.0 Å². The summed E-state index contributed by atoms with van der Waals surface area (Å²) in [5, 5.41) is 4.60. The highest BCUT2D eigenvalue weighted by Gasteiger charge is 2.29. The van der Waals surface area contributed by atoms with Crippen LogP contribution < -0.4 is 15.5 Å². The molecule has 1 fully saturated rings. The largest absolute Gasteiger partial charge is 0.497 e. The zero-order chi connectivity index (χ0) is 23.8. The Hall–Kier alpha value is -2.06. The first-order valence-electron chi connectivity index (χ1n) is 11.4. The Bertz CT molecular complexity index is 926. The molecule has 0 heterocycles. The first-order chi connectivity index (χ1) is 15.9. The smallest absolute Gasteiger partial charge is 0.263 e. The van der Waals surface area contributed by atoms with Gasteiger partial charge in [0.2, 0.25) is 0 Å². The monoisotopic (exact) mass is 579 g/mol. The number of hydrogen-bond donors (Lipinski definition) is 2. The number of anilines is 1. The maximum absolute atomic E-state index is 13.6. The predicted molar refractivity (Wildman–Crippen MR) is 138 cm³/mol. The van der Waals surface area contributed by atoms with Gasteiger partial charge in [0.25, 0.3) is 11.8 Å². The highest BCUT2D eigenvalue weighted by Crippen LogP contribution is 2.28. The number of methoxy groups -OCH3 is 1. The molecule has 1 unspecified atom stereocenters.